The highest BCUT2D eigenvalue weighted by Crippen LogP contribution is 2.49. The maximum Gasteiger partial charge on any atom is 0.252 e. The Morgan fingerprint density at radius 1 is 0.439 bits per heavy atom. The topological polar surface area (TPSA) is 22.9 Å². The van der Waals surface area contributed by atoms with E-state index in [1.54, 1.807) is 0 Å². The Balaban J connectivity index is 1.28. The molecule has 3 heterocycles. The number of furan rings is 1. The second-order valence-electron chi connectivity index (χ2n) is 15.7. The SMILES string of the molecule is Cc1ccc(N2c3ccc(C)cc3B3c4cc(C)ccc4N(c4ccc(C)cc4)c4cc(N(c5ccccc5)c5cccc6c5oc5ccccc56)cc2c43)cc1. The van der Waals surface area contributed by atoms with Crippen molar-refractivity contribution in [2.24, 2.45) is 0 Å². The van der Waals surface area contributed by atoms with Crippen molar-refractivity contribution in [2.75, 3.05) is 14.7 Å². The van der Waals surface area contributed by atoms with Crippen LogP contribution < -0.4 is 31.1 Å². The van der Waals surface area contributed by atoms with Crippen LogP contribution in [0, 0.1) is 27.7 Å². The van der Waals surface area contributed by atoms with Gasteiger partial charge in [-0.05, 0) is 117 Å². The summed E-state index contributed by atoms with van der Waals surface area (Å²) in [7, 11) is 0. The van der Waals surface area contributed by atoms with Crippen LogP contribution in [0.2, 0.25) is 0 Å². The minimum absolute atomic E-state index is 0.0289. The molecule has 2 aliphatic heterocycles. The van der Waals surface area contributed by atoms with Gasteiger partial charge >= 0.3 is 0 Å². The number of rotatable bonds is 5. The van der Waals surface area contributed by atoms with Gasteiger partial charge in [-0.1, -0.05) is 119 Å². The van der Waals surface area contributed by atoms with E-state index in [4.69, 9.17) is 4.42 Å². The van der Waals surface area contributed by atoms with Gasteiger partial charge in [0.15, 0.2) is 5.58 Å². The van der Waals surface area contributed by atoms with Crippen molar-refractivity contribution in [1.29, 1.82) is 0 Å². The molecule has 0 spiro atoms. The van der Waals surface area contributed by atoms with Gasteiger partial charge in [-0.15, -0.1) is 0 Å². The Labute approximate surface area is 333 Å². The molecule has 0 N–H and O–H groups in total. The fraction of sp³-hybridized carbons (Fsp3) is 0.0769. The summed E-state index contributed by atoms with van der Waals surface area (Å²) in [5.74, 6) is 0. The number of benzene rings is 8. The predicted octanol–water partition coefficient (Wildman–Crippen LogP) is 12.4. The first-order valence-corrected chi connectivity index (χ1v) is 19.8. The Hall–Kier alpha value is -6.98. The molecule has 0 aliphatic carbocycles. The molecular formula is C52H40BN3O. The molecule has 2 aliphatic rings. The molecule has 272 valence electrons. The highest BCUT2D eigenvalue weighted by molar-refractivity contribution is 7.00. The third kappa shape index (κ3) is 5.23. The monoisotopic (exact) mass is 733 g/mol. The van der Waals surface area contributed by atoms with E-state index in [2.05, 4.69) is 206 Å². The highest BCUT2D eigenvalue weighted by atomic mass is 16.3. The van der Waals surface area contributed by atoms with Crippen molar-refractivity contribution in [3.8, 4) is 0 Å². The summed E-state index contributed by atoms with van der Waals surface area (Å²) in [4.78, 5) is 7.37. The number of nitrogens with zero attached hydrogens (tertiary/aromatic N) is 3. The maximum atomic E-state index is 6.76. The summed E-state index contributed by atoms with van der Waals surface area (Å²) in [5, 5.41) is 2.21. The van der Waals surface area contributed by atoms with Gasteiger partial charge in [0, 0.05) is 50.6 Å². The molecule has 1 aromatic heterocycles. The number of para-hydroxylation sites is 3. The number of aryl methyl sites for hydroxylation is 4. The maximum absolute atomic E-state index is 6.76. The summed E-state index contributed by atoms with van der Waals surface area (Å²) in [6.07, 6.45) is 0. The van der Waals surface area contributed by atoms with Gasteiger partial charge in [0.1, 0.15) is 5.58 Å². The van der Waals surface area contributed by atoms with Gasteiger partial charge in [-0.3, -0.25) is 0 Å². The van der Waals surface area contributed by atoms with E-state index in [1.807, 2.05) is 6.07 Å². The zero-order valence-corrected chi connectivity index (χ0v) is 32.5. The number of fused-ring (bicyclic) bond motifs is 7. The van der Waals surface area contributed by atoms with Gasteiger partial charge in [0.2, 0.25) is 0 Å². The molecule has 0 saturated carbocycles. The lowest BCUT2D eigenvalue weighted by Crippen LogP contribution is -2.61. The molecule has 5 heteroatoms. The smallest absolute Gasteiger partial charge is 0.252 e. The summed E-state index contributed by atoms with van der Waals surface area (Å²) in [6.45, 7) is 8.77. The molecule has 0 fully saturated rings. The quantitative estimate of drug-likeness (QED) is 0.164. The fourth-order valence-electron chi connectivity index (χ4n) is 9.22. The average Bonchev–Trinajstić information content (AvgIpc) is 3.62. The molecular weight excluding hydrogens is 693 g/mol. The lowest BCUT2D eigenvalue weighted by Gasteiger charge is -2.45. The first kappa shape index (κ1) is 33.4. The van der Waals surface area contributed by atoms with E-state index in [9.17, 15) is 0 Å². The van der Waals surface area contributed by atoms with Gasteiger partial charge in [-0.2, -0.15) is 0 Å². The zero-order valence-electron chi connectivity index (χ0n) is 32.5. The van der Waals surface area contributed by atoms with Crippen molar-refractivity contribution in [3.05, 3.63) is 192 Å². The molecule has 0 radical (unpaired) electrons. The molecule has 0 unspecified atom stereocenters. The minimum Gasteiger partial charge on any atom is -0.454 e. The van der Waals surface area contributed by atoms with E-state index in [0.717, 1.165) is 61.8 Å². The molecule has 57 heavy (non-hydrogen) atoms. The minimum atomic E-state index is 0.0289. The number of hydrogen-bond donors (Lipinski definition) is 0. The van der Waals surface area contributed by atoms with Crippen molar-refractivity contribution in [3.63, 3.8) is 0 Å². The van der Waals surface area contributed by atoms with Crippen LogP contribution in [-0.2, 0) is 0 Å². The standard InChI is InChI=1S/C52H40BN3O/c1-33-17-23-38(24-18-33)55-45-27-21-35(3)29-43(45)53-44-30-36(4)22-28-46(44)56(39-25-19-34(2)20-26-39)49-32-40(31-48(55)51(49)53)54(37-11-6-5-7-12-37)47-15-10-14-42-41-13-8-9-16-50(41)57-52(42)47/h5-32H,1-4H3. The van der Waals surface area contributed by atoms with Crippen molar-refractivity contribution >= 4 is 96.2 Å². The van der Waals surface area contributed by atoms with Crippen LogP contribution in [0.1, 0.15) is 22.3 Å². The third-order valence-corrected chi connectivity index (χ3v) is 11.8. The largest absolute Gasteiger partial charge is 0.454 e. The Kier molecular flexibility index (Phi) is 7.49. The van der Waals surface area contributed by atoms with Gasteiger partial charge < -0.3 is 19.1 Å². The van der Waals surface area contributed by atoms with Crippen LogP contribution in [-0.4, -0.2) is 6.71 Å². The second kappa shape index (κ2) is 12.8. The van der Waals surface area contributed by atoms with Crippen LogP contribution in [0.4, 0.5) is 51.2 Å². The Bertz CT molecular complexity index is 2900. The van der Waals surface area contributed by atoms with E-state index in [1.165, 1.54) is 50.0 Å². The molecule has 0 bridgehead atoms. The first-order chi connectivity index (χ1) is 27.9. The summed E-state index contributed by atoms with van der Waals surface area (Å²) in [6, 6.07) is 62.3. The predicted molar refractivity (Wildman–Crippen MR) is 241 cm³/mol. The third-order valence-electron chi connectivity index (χ3n) is 11.8. The van der Waals surface area contributed by atoms with Crippen LogP contribution in [0.15, 0.2) is 174 Å². The Morgan fingerprint density at radius 2 is 0.965 bits per heavy atom. The van der Waals surface area contributed by atoms with E-state index in [-0.39, 0.29) is 6.71 Å². The summed E-state index contributed by atoms with van der Waals surface area (Å²) >= 11 is 0. The molecule has 11 rings (SSSR count). The van der Waals surface area contributed by atoms with Crippen LogP contribution >= 0.6 is 0 Å². The van der Waals surface area contributed by atoms with E-state index in [0.29, 0.717) is 0 Å². The second-order valence-corrected chi connectivity index (χ2v) is 15.7. The molecule has 4 nitrogen and oxygen atoms in total. The van der Waals surface area contributed by atoms with Gasteiger partial charge in [-0.25, -0.2) is 0 Å². The normalized spacial score (nSPS) is 12.8. The zero-order chi connectivity index (χ0) is 38.4. The lowest BCUT2D eigenvalue weighted by atomic mass is 9.33. The summed E-state index contributed by atoms with van der Waals surface area (Å²) < 4.78 is 6.76. The van der Waals surface area contributed by atoms with Crippen molar-refractivity contribution < 1.29 is 4.42 Å². The van der Waals surface area contributed by atoms with Crippen LogP contribution in [0.25, 0.3) is 21.9 Å². The Morgan fingerprint density at radius 3 is 1.56 bits per heavy atom. The molecule has 0 atom stereocenters. The van der Waals surface area contributed by atoms with E-state index < -0.39 is 0 Å². The van der Waals surface area contributed by atoms with Crippen LogP contribution in [0.3, 0.4) is 0 Å². The number of anilines is 9. The fourth-order valence-corrected chi connectivity index (χ4v) is 9.22. The van der Waals surface area contributed by atoms with Crippen molar-refractivity contribution in [2.45, 2.75) is 27.7 Å². The summed E-state index contributed by atoms with van der Waals surface area (Å²) in [5.41, 5.74) is 20.7. The molecule has 0 amide bonds. The lowest BCUT2D eigenvalue weighted by molar-refractivity contribution is 0.669. The van der Waals surface area contributed by atoms with Gasteiger partial charge in [0.05, 0.1) is 11.4 Å². The van der Waals surface area contributed by atoms with Crippen LogP contribution in [0.5, 0.6) is 0 Å². The first-order valence-electron chi connectivity index (χ1n) is 19.8. The number of hydrogen-bond acceptors (Lipinski definition) is 4. The molecule has 0 saturated heterocycles. The van der Waals surface area contributed by atoms with E-state index >= 15 is 0 Å². The highest BCUT2D eigenvalue weighted by Gasteiger charge is 2.44. The molecule has 8 aromatic carbocycles. The van der Waals surface area contributed by atoms with Gasteiger partial charge in [0.25, 0.3) is 6.71 Å². The molecule has 9 aromatic rings. The average molecular weight is 734 g/mol. The van der Waals surface area contributed by atoms with Crippen molar-refractivity contribution in [1.82, 2.24) is 0 Å².